The summed E-state index contributed by atoms with van der Waals surface area (Å²) < 4.78 is 28.3. The second-order valence-corrected chi connectivity index (χ2v) is 7.46. The maximum Gasteiger partial charge on any atom is 0.150 e. The molecule has 1 atom stereocenters. The van der Waals surface area contributed by atoms with Crippen molar-refractivity contribution in [2.75, 3.05) is 13.7 Å². The molecule has 0 bridgehead atoms. The van der Waals surface area contributed by atoms with Gasteiger partial charge in [-0.1, -0.05) is 6.07 Å². The summed E-state index contributed by atoms with van der Waals surface area (Å²) in [4.78, 5) is 4.27. The molecule has 4 aromatic rings. The highest BCUT2D eigenvalue weighted by atomic mass is 19.1. The average molecular weight is 391 g/mol. The van der Waals surface area contributed by atoms with Crippen molar-refractivity contribution in [3.8, 4) is 16.9 Å². The molecule has 0 saturated carbocycles. The first-order valence-electron chi connectivity index (χ1n) is 9.88. The zero-order valence-electron chi connectivity index (χ0n) is 16.5. The number of benzene rings is 2. The minimum absolute atomic E-state index is 0.0694. The van der Waals surface area contributed by atoms with Crippen LogP contribution in [0.1, 0.15) is 31.1 Å². The van der Waals surface area contributed by atoms with Gasteiger partial charge >= 0.3 is 0 Å². The summed E-state index contributed by atoms with van der Waals surface area (Å²) in [5.41, 5.74) is 4.03. The molecule has 1 aliphatic heterocycles. The molecule has 1 fully saturated rings. The van der Waals surface area contributed by atoms with Crippen molar-refractivity contribution in [2.24, 2.45) is 0 Å². The quantitative estimate of drug-likeness (QED) is 0.469. The number of nitrogens with zero attached hydrogens (tertiary/aromatic N) is 3. The first-order chi connectivity index (χ1) is 14.2. The van der Waals surface area contributed by atoms with Gasteiger partial charge in [0.2, 0.25) is 0 Å². The number of aryl methyl sites for hydroxylation is 1. The van der Waals surface area contributed by atoms with Crippen molar-refractivity contribution in [2.45, 2.75) is 32.4 Å². The zero-order valence-corrected chi connectivity index (χ0v) is 16.5. The van der Waals surface area contributed by atoms with Crippen LogP contribution in [0.25, 0.3) is 32.9 Å². The van der Waals surface area contributed by atoms with E-state index in [0.29, 0.717) is 16.8 Å². The average Bonchev–Trinajstić information content (AvgIpc) is 3.19. The fourth-order valence-corrected chi connectivity index (χ4v) is 4.24. The molecule has 6 heteroatoms. The molecule has 5 rings (SSSR count). The van der Waals surface area contributed by atoms with Gasteiger partial charge < -0.3 is 9.47 Å². The van der Waals surface area contributed by atoms with E-state index < -0.39 is 0 Å². The van der Waals surface area contributed by atoms with E-state index in [4.69, 9.17) is 9.47 Å². The van der Waals surface area contributed by atoms with Crippen molar-refractivity contribution in [1.29, 1.82) is 0 Å². The van der Waals surface area contributed by atoms with Crippen LogP contribution < -0.4 is 4.74 Å². The van der Waals surface area contributed by atoms with Crippen LogP contribution in [0.5, 0.6) is 5.75 Å². The highest BCUT2D eigenvalue weighted by molar-refractivity contribution is 6.05. The number of halogens is 1. The van der Waals surface area contributed by atoms with Crippen LogP contribution >= 0.6 is 0 Å². The molecule has 0 amide bonds. The summed E-state index contributed by atoms with van der Waals surface area (Å²) in [6.45, 7) is 2.74. The summed E-state index contributed by atoms with van der Waals surface area (Å²) in [6, 6.07) is 9.60. The van der Waals surface area contributed by atoms with Gasteiger partial charge in [-0.2, -0.15) is 5.10 Å². The predicted molar refractivity (Wildman–Crippen MR) is 111 cm³/mol. The van der Waals surface area contributed by atoms with E-state index in [-0.39, 0.29) is 12.0 Å². The van der Waals surface area contributed by atoms with Gasteiger partial charge in [0.1, 0.15) is 11.6 Å². The minimum atomic E-state index is -0.347. The minimum Gasteiger partial charge on any atom is -0.497 e. The van der Waals surface area contributed by atoms with E-state index in [2.05, 4.69) is 10.1 Å². The van der Waals surface area contributed by atoms with Gasteiger partial charge in [-0.15, -0.1) is 0 Å². The van der Waals surface area contributed by atoms with Gasteiger partial charge in [0.05, 0.1) is 30.5 Å². The molecule has 5 nitrogen and oxygen atoms in total. The monoisotopic (exact) mass is 391 g/mol. The van der Waals surface area contributed by atoms with Gasteiger partial charge in [0, 0.05) is 29.0 Å². The molecule has 3 heterocycles. The molecule has 1 aliphatic rings. The van der Waals surface area contributed by atoms with E-state index in [1.807, 2.05) is 48.1 Å². The second kappa shape index (κ2) is 7.12. The molecule has 0 aliphatic carbocycles. The number of hydrogen-bond donors (Lipinski definition) is 0. The van der Waals surface area contributed by atoms with Gasteiger partial charge in [-0.05, 0) is 55.5 Å². The van der Waals surface area contributed by atoms with Crippen molar-refractivity contribution in [3.05, 3.63) is 54.1 Å². The van der Waals surface area contributed by atoms with Crippen molar-refractivity contribution in [3.63, 3.8) is 0 Å². The third-order valence-electron chi connectivity index (χ3n) is 5.70. The Labute approximate surface area is 168 Å². The van der Waals surface area contributed by atoms with Crippen molar-refractivity contribution < 1.29 is 13.9 Å². The molecule has 29 heavy (non-hydrogen) atoms. The highest BCUT2D eigenvalue weighted by Gasteiger charge is 2.22. The molecular weight excluding hydrogens is 369 g/mol. The Morgan fingerprint density at radius 2 is 2.00 bits per heavy atom. The fourth-order valence-electron chi connectivity index (χ4n) is 4.24. The first-order valence-corrected chi connectivity index (χ1v) is 9.88. The largest absolute Gasteiger partial charge is 0.497 e. The number of pyridine rings is 1. The lowest BCUT2D eigenvalue weighted by Gasteiger charge is -2.23. The number of fused-ring (bicyclic) bond motifs is 2. The molecule has 2 aromatic carbocycles. The van der Waals surface area contributed by atoms with Crippen molar-refractivity contribution >= 4 is 21.8 Å². The number of methoxy groups -OCH3 is 1. The van der Waals surface area contributed by atoms with E-state index in [9.17, 15) is 0 Å². The Morgan fingerprint density at radius 1 is 1.10 bits per heavy atom. The Hall–Kier alpha value is -2.99. The van der Waals surface area contributed by atoms with Gasteiger partial charge in [0.25, 0.3) is 0 Å². The lowest BCUT2D eigenvalue weighted by molar-refractivity contribution is -0.0366. The maximum absolute atomic E-state index is 15.1. The molecule has 0 N–H and O–H groups in total. The molecule has 148 valence electrons. The topological polar surface area (TPSA) is 49.2 Å². The van der Waals surface area contributed by atoms with Crippen LogP contribution in [0.3, 0.4) is 0 Å². The Balaban J connectivity index is 1.76. The van der Waals surface area contributed by atoms with Crippen LogP contribution in [-0.4, -0.2) is 28.5 Å². The third kappa shape index (κ3) is 2.95. The van der Waals surface area contributed by atoms with Crippen molar-refractivity contribution in [1.82, 2.24) is 14.8 Å². The van der Waals surface area contributed by atoms with Crippen LogP contribution in [0.4, 0.5) is 4.39 Å². The number of rotatable bonds is 3. The molecule has 1 saturated heterocycles. The predicted octanol–water partition coefficient (Wildman–Crippen LogP) is 5.41. The lowest BCUT2D eigenvalue weighted by atomic mass is 9.94. The second-order valence-electron chi connectivity index (χ2n) is 7.46. The van der Waals surface area contributed by atoms with Gasteiger partial charge in [-0.25, -0.2) is 9.07 Å². The van der Waals surface area contributed by atoms with Gasteiger partial charge in [-0.3, -0.25) is 4.98 Å². The summed E-state index contributed by atoms with van der Waals surface area (Å²) in [5, 5.41) is 6.29. The van der Waals surface area contributed by atoms with E-state index >= 15 is 4.39 Å². The molecule has 0 spiro atoms. The summed E-state index contributed by atoms with van der Waals surface area (Å²) >= 11 is 0. The van der Waals surface area contributed by atoms with E-state index in [1.54, 1.807) is 7.11 Å². The van der Waals surface area contributed by atoms with Crippen LogP contribution in [0, 0.1) is 12.7 Å². The van der Waals surface area contributed by atoms with E-state index in [1.165, 1.54) is 6.20 Å². The first kappa shape index (κ1) is 18.1. The maximum atomic E-state index is 15.1. The Morgan fingerprint density at radius 3 is 2.79 bits per heavy atom. The Bertz CT molecular complexity index is 1210. The van der Waals surface area contributed by atoms with E-state index in [0.717, 1.165) is 53.3 Å². The molecular formula is C23H22FN3O2. The normalized spacial score (nSPS) is 17.1. The highest BCUT2D eigenvalue weighted by Crippen LogP contribution is 2.39. The summed E-state index contributed by atoms with van der Waals surface area (Å²) in [5.74, 6) is 0.347. The zero-order chi connectivity index (χ0) is 20.0. The SMILES string of the molecule is COc1ccc2c(-c3c(C)ccc4c3cnn4C3CCCCO3)c(F)cnc2c1. The molecule has 0 radical (unpaired) electrons. The third-order valence-corrected chi connectivity index (χ3v) is 5.70. The van der Waals surface area contributed by atoms with Crippen LogP contribution in [0.2, 0.25) is 0 Å². The van der Waals surface area contributed by atoms with Crippen LogP contribution in [-0.2, 0) is 4.74 Å². The fraction of sp³-hybridized carbons (Fsp3) is 0.304. The number of aromatic nitrogens is 3. The standard InChI is InChI=1S/C23H22FN3O2/c1-14-6-9-20-17(12-26-27(20)21-5-3-4-10-29-21)22(14)23-16-8-7-15(28-2)11-19(16)25-13-18(23)24/h6-9,11-13,21H,3-5,10H2,1-2H3. The number of hydrogen-bond acceptors (Lipinski definition) is 4. The summed E-state index contributed by atoms with van der Waals surface area (Å²) in [7, 11) is 1.61. The van der Waals surface area contributed by atoms with Crippen LogP contribution in [0.15, 0.2) is 42.7 Å². The number of ether oxygens (including phenoxy) is 2. The smallest absolute Gasteiger partial charge is 0.150 e. The Kier molecular flexibility index (Phi) is 4.43. The molecule has 2 aromatic heterocycles. The van der Waals surface area contributed by atoms with Gasteiger partial charge in [0.15, 0.2) is 6.23 Å². The molecule has 1 unspecified atom stereocenters. The lowest BCUT2D eigenvalue weighted by Crippen LogP contribution is -2.18. The summed E-state index contributed by atoms with van der Waals surface area (Å²) in [6.07, 6.45) is 6.18.